The van der Waals surface area contributed by atoms with Crippen LogP contribution >= 0.6 is 11.8 Å². The molecule has 0 fully saturated rings. The Hall–Kier alpha value is -1.81. The Balaban J connectivity index is 2.32. The van der Waals surface area contributed by atoms with Gasteiger partial charge in [-0.05, 0) is 31.0 Å². The number of carboxylic acid groups (broad SMARTS) is 1. The van der Waals surface area contributed by atoms with Crippen molar-refractivity contribution in [3.63, 3.8) is 0 Å². The second-order valence-corrected chi connectivity index (χ2v) is 5.42. The summed E-state index contributed by atoms with van der Waals surface area (Å²) in [6.07, 6.45) is 0. The minimum atomic E-state index is -0.848. The molecule has 2 aromatic rings. The third kappa shape index (κ3) is 3.35. The zero-order chi connectivity index (χ0) is 13.8. The highest BCUT2D eigenvalue weighted by Gasteiger charge is 2.22. The Kier molecular flexibility index (Phi) is 4.22. The van der Waals surface area contributed by atoms with Gasteiger partial charge in [0.05, 0.1) is 0 Å². The van der Waals surface area contributed by atoms with Gasteiger partial charge in [-0.25, -0.2) is 4.98 Å². The Morgan fingerprint density at radius 1 is 1.16 bits per heavy atom. The summed E-state index contributed by atoms with van der Waals surface area (Å²) in [6, 6.07) is 13.1. The van der Waals surface area contributed by atoms with E-state index in [0.29, 0.717) is 0 Å². The number of aryl methyl sites for hydroxylation is 2. The zero-order valence-electron chi connectivity index (χ0n) is 10.8. The first-order valence-corrected chi connectivity index (χ1v) is 6.84. The van der Waals surface area contributed by atoms with Crippen LogP contribution in [0, 0.1) is 13.8 Å². The van der Waals surface area contributed by atoms with Crippen LogP contribution in [0.15, 0.2) is 47.5 Å². The van der Waals surface area contributed by atoms with E-state index in [0.717, 1.165) is 21.8 Å². The summed E-state index contributed by atoms with van der Waals surface area (Å²) in [5.74, 6) is -0.848. The Bertz CT molecular complexity index is 584. The molecule has 0 aliphatic rings. The largest absolute Gasteiger partial charge is 0.480 e. The lowest BCUT2D eigenvalue weighted by Gasteiger charge is -2.13. The van der Waals surface area contributed by atoms with Gasteiger partial charge in [0, 0.05) is 5.69 Å². The number of thioether (sulfide) groups is 1. The van der Waals surface area contributed by atoms with Gasteiger partial charge in [0.1, 0.15) is 10.3 Å². The van der Waals surface area contributed by atoms with E-state index in [9.17, 15) is 9.90 Å². The minimum absolute atomic E-state index is 0.630. The molecule has 1 heterocycles. The molecule has 19 heavy (non-hydrogen) atoms. The highest BCUT2D eigenvalue weighted by molar-refractivity contribution is 8.00. The van der Waals surface area contributed by atoms with Gasteiger partial charge in [0.15, 0.2) is 0 Å². The molecule has 2 rings (SSSR count). The van der Waals surface area contributed by atoms with Gasteiger partial charge in [-0.15, -0.1) is 0 Å². The van der Waals surface area contributed by atoms with Gasteiger partial charge in [-0.2, -0.15) is 0 Å². The summed E-state index contributed by atoms with van der Waals surface area (Å²) >= 11 is 1.28. The van der Waals surface area contributed by atoms with E-state index in [2.05, 4.69) is 4.98 Å². The van der Waals surface area contributed by atoms with Crippen molar-refractivity contribution >= 4 is 17.7 Å². The third-order valence-corrected chi connectivity index (χ3v) is 4.09. The molecule has 1 N–H and O–H groups in total. The maximum atomic E-state index is 11.5. The molecule has 3 nitrogen and oxygen atoms in total. The predicted octanol–water partition coefficient (Wildman–Crippen LogP) is 3.62. The van der Waals surface area contributed by atoms with E-state index in [4.69, 9.17) is 0 Å². The van der Waals surface area contributed by atoms with E-state index in [1.807, 2.05) is 56.3 Å². The molecule has 1 aromatic heterocycles. The molecule has 98 valence electrons. The van der Waals surface area contributed by atoms with Crippen LogP contribution in [0.25, 0.3) is 0 Å². The lowest BCUT2D eigenvalue weighted by molar-refractivity contribution is -0.136. The number of hydrogen-bond donors (Lipinski definition) is 1. The first-order valence-electron chi connectivity index (χ1n) is 5.96. The number of hydrogen-bond acceptors (Lipinski definition) is 3. The Morgan fingerprint density at radius 2 is 1.84 bits per heavy atom. The second-order valence-electron chi connectivity index (χ2n) is 4.32. The highest BCUT2D eigenvalue weighted by atomic mass is 32.2. The predicted molar refractivity (Wildman–Crippen MR) is 76.4 cm³/mol. The molecule has 0 saturated heterocycles. The van der Waals surface area contributed by atoms with Crippen LogP contribution in [0.5, 0.6) is 0 Å². The van der Waals surface area contributed by atoms with Crippen molar-refractivity contribution in [2.45, 2.75) is 24.1 Å². The molecule has 4 heteroatoms. The van der Waals surface area contributed by atoms with Crippen molar-refractivity contribution in [1.82, 2.24) is 4.98 Å². The fraction of sp³-hybridized carbons (Fsp3) is 0.200. The first-order chi connectivity index (χ1) is 9.08. The van der Waals surface area contributed by atoms with E-state index < -0.39 is 11.2 Å². The second kappa shape index (κ2) is 5.89. The zero-order valence-corrected chi connectivity index (χ0v) is 11.6. The lowest BCUT2D eigenvalue weighted by atomic mass is 10.1. The topological polar surface area (TPSA) is 50.2 Å². The van der Waals surface area contributed by atoms with Crippen molar-refractivity contribution in [1.29, 1.82) is 0 Å². The molecule has 1 atom stereocenters. The van der Waals surface area contributed by atoms with Gasteiger partial charge in [-0.1, -0.05) is 48.2 Å². The van der Waals surface area contributed by atoms with Crippen LogP contribution in [0.1, 0.15) is 22.1 Å². The summed E-state index contributed by atoms with van der Waals surface area (Å²) in [4.78, 5) is 15.9. The number of aliphatic carboxylic acids is 1. The fourth-order valence-electron chi connectivity index (χ4n) is 1.72. The quantitative estimate of drug-likeness (QED) is 0.864. The van der Waals surface area contributed by atoms with Gasteiger partial charge in [-0.3, -0.25) is 4.79 Å². The van der Waals surface area contributed by atoms with Crippen LogP contribution in [0.3, 0.4) is 0 Å². The molecule has 0 radical (unpaired) electrons. The SMILES string of the molecule is Cc1ccc(C)c(S[C@H](C(=O)O)c2ccccc2)n1. The normalized spacial score (nSPS) is 12.1. The average Bonchev–Trinajstić information content (AvgIpc) is 2.40. The van der Waals surface area contributed by atoms with Gasteiger partial charge in [0.2, 0.25) is 0 Å². The Labute approximate surface area is 116 Å². The van der Waals surface area contributed by atoms with E-state index in [1.165, 1.54) is 11.8 Å². The van der Waals surface area contributed by atoms with Gasteiger partial charge < -0.3 is 5.11 Å². The summed E-state index contributed by atoms with van der Waals surface area (Å²) in [5, 5.41) is 9.54. The van der Waals surface area contributed by atoms with Crippen LogP contribution in [0.4, 0.5) is 0 Å². The number of pyridine rings is 1. The highest BCUT2D eigenvalue weighted by Crippen LogP contribution is 2.35. The molecule has 0 aliphatic carbocycles. The van der Waals surface area contributed by atoms with Crippen molar-refractivity contribution in [3.8, 4) is 0 Å². The maximum Gasteiger partial charge on any atom is 0.321 e. The molecule has 0 spiro atoms. The molecule has 1 aromatic carbocycles. The van der Waals surface area contributed by atoms with Crippen molar-refractivity contribution in [3.05, 3.63) is 59.3 Å². The minimum Gasteiger partial charge on any atom is -0.480 e. The lowest BCUT2D eigenvalue weighted by Crippen LogP contribution is -2.08. The van der Waals surface area contributed by atoms with Crippen LogP contribution in [0.2, 0.25) is 0 Å². The smallest absolute Gasteiger partial charge is 0.321 e. The molecular weight excluding hydrogens is 258 g/mol. The van der Waals surface area contributed by atoms with E-state index in [1.54, 1.807) is 0 Å². The Morgan fingerprint density at radius 3 is 2.47 bits per heavy atom. The number of aromatic nitrogens is 1. The average molecular weight is 273 g/mol. The van der Waals surface area contributed by atoms with Crippen molar-refractivity contribution < 1.29 is 9.90 Å². The standard InChI is InChI=1S/C15H15NO2S/c1-10-8-9-11(2)16-14(10)19-13(15(17)18)12-6-4-3-5-7-12/h3-9,13H,1-2H3,(H,17,18)/t13-/m0/s1. The van der Waals surface area contributed by atoms with Crippen LogP contribution in [-0.4, -0.2) is 16.1 Å². The summed E-state index contributed by atoms with van der Waals surface area (Å²) in [6.45, 7) is 3.85. The molecule has 0 saturated carbocycles. The fourth-order valence-corrected chi connectivity index (χ4v) is 2.79. The number of nitrogens with zero attached hydrogens (tertiary/aromatic N) is 1. The van der Waals surface area contributed by atoms with Gasteiger partial charge >= 0.3 is 5.97 Å². The molecule has 0 unspecified atom stereocenters. The van der Waals surface area contributed by atoms with E-state index >= 15 is 0 Å². The van der Waals surface area contributed by atoms with Gasteiger partial charge in [0.25, 0.3) is 0 Å². The van der Waals surface area contributed by atoms with Crippen LogP contribution < -0.4 is 0 Å². The molecule has 0 bridgehead atoms. The van der Waals surface area contributed by atoms with E-state index in [-0.39, 0.29) is 0 Å². The molecule has 0 amide bonds. The number of carboxylic acids is 1. The summed E-state index contributed by atoms with van der Waals surface area (Å²) in [7, 11) is 0. The number of rotatable bonds is 4. The maximum absolute atomic E-state index is 11.5. The number of carbonyl (C=O) groups is 1. The third-order valence-electron chi connectivity index (χ3n) is 2.75. The van der Waals surface area contributed by atoms with Crippen molar-refractivity contribution in [2.24, 2.45) is 0 Å². The van der Waals surface area contributed by atoms with Crippen LogP contribution in [-0.2, 0) is 4.79 Å². The van der Waals surface area contributed by atoms with Crippen molar-refractivity contribution in [2.75, 3.05) is 0 Å². The molecule has 0 aliphatic heterocycles. The monoisotopic (exact) mass is 273 g/mol. The first kappa shape index (κ1) is 13.6. The summed E-state index contributed by atoms with van der Waals surface area (Å²) < 4.78 is 0. The summed E-state index contributed by atoms with van der Waals surface area (Å²) in [5.41, 5.74) is 2.67. The number of benzene rings is 1. The molecular formula is C15H15NO2S.